The third kappa shape index (κ3) is 2.44. The van der Waals surface area contributed by atoms with Crippen LogP contribution in [0.2, 0.25) is 0 Å². The number of benzene rings is 1. The zero-order valence-electron chi connectivity index (χ0n) is 10.2. The molecule has 0 aromatic heterocycles. The van der Waals surface area contributed by atoms with Gasteiger partial charge in [0.1, 0.15) is 5.75 Å². The van der Waals surface area contributed by atoms with Gasteiger partial charge in [0.2, 0.25) is 5.91 Å². The quantitative estimate of drug-likeness (QED) is 0.901. The van der Waals surface area contributed by atoms with Gasteiger partial charge in [-0.05, 0) is 19.9 Å². The summed E-state index contributed by atoms with van der Waals surface area (Å²) in [4.78, 5) is 11.5. The highest BCUT2D eigenvalue weighted by atomic mass is 19.3. The molecule has 1 aromatic carbocycles. The Labute approximate surface area is 104 Å². The predicted molar refractivity (Wildman–Crippen MR) is 62.7 cm³/mol. The van der Waals surface area contributed by atoms with Crippen LogP contribution in [0.1, 0.15) is 31.7 Å². The van der Waals surface area contributed by atoms with E-state index in [0.29, 0.717) is 5.56 Å². The lowest BCUT2D eigenvalue weighted by molar-refractivity contribution is -0.119. The standard InChI is InChI=1S/C13H15F2NO2/c1-13(2)9(7-11(17)16-13)8-5-3-4-6-10(8)18-12(14)15/h3-6,9,12H,7H2,1-2H3,(H,16,17). The number of nitrogens with one attached hydrogen (secondary N) is 1. The molecule has 0 aliphatic carbocycles. The van der Waals surface area contributed by atoms with E-state index in [0.717, 1.165) is 0 Å². The molecule has 1 atom stereocenters. The highest BCUT2D eigenvalue weighted by molar-refractivity contribution is 5.81. The van der Waals surface area contributed by atoms with E-state index in [1.54, 1.807) is 18.2 Å². The fourth-order valence-corrected chi connectivity index (χ4v) is 2.41. The third-order valence-electron chi connectivity index (χ3n) is 3.23. The topological polar surface area (TPSA) is 38.3 Å². The van der Waals surface area contributed by atoms with Crippen LogP contribution in [0.15, 0.2) is 24.3 Å². The number of rotatable bonds is 3. The van der Waals surface area contributed by atoms with Crippen molar-refractivity contribution in [3.8, 4) is 5.75 Å². The Hall–Kier alpha value is -1.65. The minimum absolute atomic E-state index is 0.0724. The lowest BCUT2D eigenvalue weighted by Crippen LogP contribution is -2.38. The first-order chi connectivity index (χ1) is 8.40. The van der Waals surface area contributed by atoms with Crippen molar-refractivity contribution < 1.29 is 18.3 Å². The smallest absolute Gasteiger partial charge is 0.387 e. The summed E-state index contributed by atoms with van der Waals surface area (Å²) in [5, 5.41) is 2.84. The van der Waals surface area contributed by atoms with E-state index in [-0.39, 0.29) is 24.0 Å². The lowest BCUT2D eigenvalue weighted by atomic mass is 9.83. The molecule has 2 rings (SSSR count). The normalized spacial score (nSPS) is 22.1. The Kier molecular flexibility index (Phi) is 3.24. The summed E-state index contributed by atoms with van der Waals surface area (Å²) >= 11 is 0. The summed E-state index contributed by atoms with van der Waals surface area (Å²) in [5.74, 6) is -0.0983. The summed E-state index contributed by atoms with van der Waals surface area (Å²) in [7, 11) is 0. The van der Waals surface area contributed by atoms with E-state index >= 15 is 0 Å². The molecule has 1 aliphatic rings. The van der Waals surface area contributed by atoms with Crippen molar-refractivity contribution in [1.82, 2.24) is 5.32 Å². The molecule has 0 spiro atoms. The SMILES string of the molecule is CC1(C)NC(=O)CC1c1ccccc1OC(F)F. The van der Waals surface area contributed by atoms with Crippen LogP contribution < -0.4 is 10.1 Å². The summed E-state index contributed by atoms with van der Waals surface area (Å²) in [6.07, 6.45) is 0.288. The maximum atomic E-state index is 12.4. The van der Waals surface area contributed by atoms with Crippen molar-refractivity contribution in [2.75, 3.05) is 0 Å². The number of carbonyl (C=O) groups excluding carboxylic acids is 1. The van der Waals surface area contributed by atoms with Gasteiger partial charge in [0.25, 0.3) is 0 Å². The minimum Gasteiger partial charge on any atom is -0.435 e. The summed E-state index contributed by atoms with van der Waals surface area (Å²) in [6.45, 7) is 0.892. The average molecular weight is 255 g/mol. The molecule has 0 saturated carbocycles. The second-order valence-corrected chi connectivity index (χ2v) is 4.94. The summed E-state index contributed by atoms with van der Waals surface area (Å²) in [5.41, 5.74) is 0.180. The van der Waals surface area contributed by atoms with Crippen LogP contribution in [0.5, 0.6) is 5.75 Å². The van der Waals surface area contributed by atoms with Gasteiger partial charge < -0.3 is 10.1 Å². The molecule has 1 N–H and O–H groups in total. The fourth-order valence-electron chi connectivity index (χ4n) is 2.41. The number of hydrogen-bond donors (Lipinski definition) is 1. The molecule has 0 radical (unpaired) electrons. The predicted octanol–water partition coefficient (Wildman–Crippen LogP) is 2.67. The molecular formula is C13H15F2NO2. The third-order valence-corrected chi connectivity index (χ3v) is 3.23. The number of ether oxygens (including phenoxy) is 1. The number of para-hydroxylation sites is 1. The van der Waals surface area contributed by atoms with Crippen LogP contribution in [0.25, 0.3) is 0 Å². The van der Waals surface area contributed by atoms with Gasteiger partial charge in [-0.1, -0.05) is 18.2 Å². The highest BCUT2D eigenvalue weighted by Crippen LogP contribution is 2.40. The number of halogens is 2. The van der Waals surface area contributed by atoms with Gasteiger partial charge in [-0.3, -0.25) is 4.79 Å². The first kappa shape index (κ1) is 12.8. The Morgan fingerprint density at radius 1 is 1.39 bits per heavy atom. The molecule has 18 heavy (non-hydrogen) atoms. The van der Waals surface area contributed by atoms with Crippen molar-refractivity contribution in [1.29, 1.82) is 0 Å². The summed E-state index contributed by atoms with van der Waals surface area (Å²) < 4.78 is 29.2. The number of carbonyl (C=O) groups is 1. The monoisotopic (exact) mass is 255 g/mol. The van der Waals surface area contributed by atoms with Gasteiger partial charge in [-0.25, -0.2) is 0 Å². The van der Waals surface area contributed by atoms with E-state index in [9.17, 15) is 13.6 Å². The van der Waals surface area contributed by atoms with Crippen molar-refractivity contribution in [3.63, 3.8) is 0 Å². The first-order valence-electron chi connectivity index (χ1n) is 5.75. The molecule has 1 amide bonds. The number of amides is 1. The summed E-state index contributed by atoms with van der Waals surface area (Å²) in [6, 6.07) is 6.62. The Morgan fingerprint density at radius 3 is 2.61 bits per heavy atom. The fraction of sp³-hybridized carbons (Fsp3) is 0.462. The molecular weight excluding hydrogens is 240 g/mol. The number of alkyl halides is 2. The molecule has 5 heteroatoms. The Morgan fingerprint density at radius 2 is 2.06 bits per heavy atom. The largest absolute Gasteiger partial charge is 0.435 e. The van der Waals surface area contributed by atoms with E-state index in [1.165, 1.54) is 6.07 Å². The zero-order chi connectivity index (χ0) is 13.3. The lowest BCUT2D eigenvalue weighted by Gasteiger charge is -2.27. The van der Waals surface area contributed by atoms with E-state index < -0.39 is 12.2 Å². The van der Waals surface area contributed by atoms with E-state index in [2.05, 4.69) is 10.1 Å². The molecule has 98 valence electrons. The van der Waals surface area contributed by atoms with Gasteiger partial charge in [0.15, 0.2) is 0 Å². The molecule has 1 unspecified atom stereocenters. The molecule has 1 aliphatic heterocycles. The number of hydrogen-bond acceptors (Lipinski definition) is 2. The van der Waals surface area contributed by atoms with Crippen LogP contribution in [0, 0.1) is 0 Å². The molecule has 1 saturated heterocycles. The highest BCUT2D eigenvalue weighted by Gasteiger charge is 2.41. The van der Waals surface area contributed by atoms with Crippen molar-refractivity contribution in [3.05, 3.63) is 29.8 Å². The average Bonchev–Trinajstić information content (AvgIpc) is 2.52. The van der Waals surface area contributed by atoms with Gasteiger partial charge in [-0.15, -0.1) is 0 Å². The van der Waals surface area contributed by atoms with Crippen LogP contribution in [-0.2, 0) is 4.79 Å². The van der Waals surface area contributed by atoms with Gasteiger partial charge in [0, 0.05) is 23.4 Å². The van der Waals surface area contributed by atoms with Gasteiger partial charge in [-0.2, -0.15) is 8.78 Å². The maximum absolute atomic E-state index is 12.4. The Balaban J connectivity index is 2.36. The van der Waals surface area contributed by atoms with Gasteiger partial charge >= 0.3 is 6.61 Å². The van der Waals surface area contributed by atoms with Crippen LogP contribution in [0.4, 0.5) is 8.78 Å². The molecule has 0 bridgehead atoms. The van der Waals surface area contributed by atoms with E-state index in [4.69, 9.17) is 0 Å². The molecule has 1 heterocycles. The minimum atomic E-state index is -2.86. The molecule has 3 nitrogen and oxygen atoms in total. The van der Waals surface area contributed by atoms with Crippen molar-refractivity contribution >= 4 is 5.91 Å². The van der Waals surface area contributed by atoms with Crippen molar-refractivity contribution in [2.45, 2.75) is 38.3 Å². The van der Waals surface area contributed by atoms with Gasteiger partial charge in [0.05, 0.1) is 0 Å². The van der Waals surface area contributed by atoms with Crippen LogP contribution >= 0.6 is 0 Å². The zero-order valence-corrected chi connectivity index (χ0v) is 10.2. The van der Waals surface area contributed by atoms with E-state index in [1.807, 2.05) is 13.8 Å². The Bertz CT molecular complexity index is 460. The second-order valence-electron chi connectivity index (χ2n) is 4.94. The van der Waals surface area contributed by atoms with Crippen LogP contribution in [-0.4, -0.2) is 18.1 Å². The molecule has 1 aromatic rings. The van der Waals surface area contributed by atoms with Crippen LogP contribution in [0.3, 0.4) is 0 Å². The molecule has 1 fully saturated rings. The second kappa shape index (κ2) is 4.55. The van der Waals surface area contributed by atoms with Crippen molar-refractivity contribution in [2.24, 2.45) is 0 Å². The first-order valence-corrected chi connectivity index (χ1v) is 5.75. The maximum Gasteiger partial charge on any atom is 0.387 e.